The molecule has 5 heteroatoms. The highest BCUT2D eigenvalue weighted by Crippen LogP contribution is 2.29. The zero-order valence-corrected chi connectivity index (χ0v) is 15.9. The van der Waals surface area contributed by atoms with Crippen LogP contribution in [0.1, 0.15) is 18.6 Å². The van der Waals surface area contributed by atoms with E-state index in [1.165, 1.54) is 0 Å². The SMILES string of the molecule is CC1C(c2ccc(Br)cc2)OCCN1CC(O)COc1ccccc1. The zero-order chi connectivity index (χ0) is 17.6. The first kappa shape index (κ1) is 18.4. The second kappa shape index (κ2) is 8.81. The summed E-state index contributed by atoms with van der Waals surface area (Å²) < 4.78 is 12.7. The fourth-order valence-electron chi connectivity index (χ4n) is 3.15. The van der Waals surface area contributed by atoms with Crippen LogP contribution < -0.4 is 4.74 Å². The van der Waals surface area contributed by atoms with Crippen LogP contribution in [0.15, 0.2) is 59.1 Å². The van der Waals surface area contributed by atoms with E-state index in [9.17, 15) is 5.11 Å². The number of halogens is 1. The Kier molecular flexibility index (Phi) is 6.48. The van der Waals surface area contributed by atoms with Crippen LogP contribution in [0.4, 0.5) is 0 Å². The van der Waals surface area contributed by atoms with Gasteiger partial charge in [0.2, 0.25) is 0 Å². The maximum atomic E-state index is 10.4. The molecule has 134 valence electrons. The van der Waals surface area contributed by atoms with Crippen molar-refractivity contribution in [3.63, 3.8) is 0 Å². The maximum absolute atomic E-state index is 10.4. The molecule has 0 radical (unpaired) electrons. The number of morpholine rings is 1. The highest BCUT2D eigenvalue weighted by Gasteiger charge is 2.31. The number of ether oxygens (including phenoxy) is 2. The Morgan fingerprint density at radius 2 is 1.92 bits per heavy atom. The maximum Gasteiger partial charge on any atom is 0.119 e. The van der Waals surface area contributed by atoms with Crippen LogP contribution in [0.25, 0.3) is 0 Å². The molecule has 25 heavy (non-hydrogen) atoms. The number of nitrogens with zero attached hydrogens (tertiary/aromatic N) is 1. The van der Waals surface area contributed by atoms with Crippen LogP contribution in [0.3, 0.4) is 0 Å². The number of hydrogen-bond acceptors (Lipinski definition) is 4. The molecule has 3 unspecified atom stereocenters. The molecule has 1 aliphatic rings. The molecule has 2 aromatic rings. The highest BCUT2D eigenvalue weighted by atomic mass is 79.9. The van der Waals surface area contributed by atoms with Crippen molar-refractivity contribution >= 4 is 15.9 Å². The van der Waals surface area contributed by atoms with Crippen molar-refractivity contribution in [2.24, 2.45) is 0 Å². The minimum absolute atomic E-state index is 0.0177. The van der Waals surface area contributed by atoms with Crippen LogP contribution in [-0.4, -0.2) is 48.5 Å². The summed E-state index contributed by atoms with van der Waals surface area (Å²) in [5.41, 5.74) is 1.16. The molecule has 0 aromatic heterocycles. The Balaban J connectivity index is 1.55. The minimum Gasteiger partial charge on any atom is -0.491 e. The summed E-state index contributed by atoms with van der Waals surface area (Å²) in [7, 11) is 0. The molecule has 1 N–H and O–H groups in total. The van der Waals surface area contributed by atoms with Crippen LogP contribution in [0.5, 0.6) is 5.75 Å². The van der Waals surface area contributed by atoms with Crippen LogP contribution >= 0.6 is 15.9 Å². The number of para-hydroxylation sites is 1. The Labute approximate surface area is 157 Å². The third-order valence-corrected chi connectivity index (χ3v) is 5.05. The molecule has 1 aliphatic heterocycles. The monoisotopic (exact) mass is 405 g/mol. The first-order valence-corrected chi connectivity index (χ1v) is 9.40. The number of β-amino-alcohol motifs (C(OH)–C–C–N with tert-alkyl or cyclic N) is 1. The van der Waals surface area contributed by atoms with Gasteiger partial charge in [-0.05, 0) is 36.8 Å². The Hall–Kier alpha value is -1.40. The number of aliphatic hydroxyl groups excluding tert-OH is 1. The number of aliphatic hydroxyl groups is 1. The quantitative estimate of drug-likeness (QED) is 0.796. The lowest BCUT2D eigenvalue weighted by atomic mass is 10.0. The topological polar surface area (TPSA) is 41.9 Å². The zero-order valence-electron chi connectivity index (χ0n) is 14.3. The predicted molar refractivity (Wildman–Crippen MR) is 102 cm³/mol. The molecule has 0 amide bonds. The van der Waals surface area contributed by atoms with Crippen LogP contribution in [0.2, 0.25) is 0 Å². The van der Waals surface area contributed by atoms with E-state index in [1.54, 1.807) is 0 Å². The van der Waals surface area contributed by atoms with Gasteiger partial charge in [0.15, 0.2) is 0 Å². The van der Waals surface area contributed by atoms with Gasteiger partial charge in [0.25, 0.3) is 0 Å². The molecular formula is C20H24BrNO3. The van der Waals surface area contributed by atoms with Gasteiger partial charge in [0, 0.05) is 23.6 Å². The minimum atomic E-state index is -0.536. The summed E-state index contributed by atoms with van der Waals surface area (Å²) in [5, 5.41) is 10.4. The molecule has 3 rings (SSSR count). The average Bonchev–Trinajstić information content (AvgIpc) is 2.63. The fraction of sp³-hybridized carbons (Fsp3) is 0.400. The normalized spacial score (nSPS) is 22.5. The summed E-state index contributed by atoms with van der Waals surface area (Å²) in [6, 6.07) is 18.0. The highest BCUT2D eigenvalue weighted by molar-refractivity contribution is 9.10. The smallest absolute Gasteiger partial charge is 0.119 e. The van der Waals surface area contributed by atoms with Gasteiger partial charge in [0.1, 0.15) is 18.5 Å². The van der Waals surface area contributed by atoms with Gasteiger partial charge in [-0.3, -0.25) is 4.90 Å². The van der Waals surface area contributed by atoms with Crippen molar-refractivity contribution in [2.45, 2.75) is 25.2 Å². The molecule has 2 aromatic carbocycles. The molecule has 0 aliphatic carbocycles. The molecular weight excluding hydrogens is 382 g/mol. The number of benzene rings is 2. The van der Waals surface area contributed by atoms with E-state index in [4.69, 9.17) is 9.47 Å². The lowest BCUT2D eigenvalue weighted by Gasteiger charge is -2.40. The molecule has 3 atom stereocenters. The van der Waals surface area contributed by atoms with Gasteiger partial charge in [-0.15, -0.1) is 0 Å². The summed E-state index contributed by atoms with van der Waals surface area (Å²) in [5.74, 6) is 0.782. The van der Waals surface area contributed by atoms with E-state index < -0.39 is 6.10 Å². The molecule has 0 spiro atoms. The number of hydrogen-bond donors (Lipinski definition) is 1. The Bertz CT molecular complexity index is 650. The van der Waals surface area contributed by atoms with Gasteiger partial charge >= 0.3 is 0 Å². The lowest BCUT2D eigenvalue weighted by molar-refractivity contribution is -0.0804. The van der Waals surface area contributed by atoms with Crippen molar-refractivity contribution in [2.75, 3.05) is 26.3 Å². The average molecular weight is 406 g/mol. The molecule has 0 bridgehead atoms. The van der Waals surface area contributed by atoms with E-state index in [-0.39, 0.29) is 18.8 Å². The van der Waals surface area contributed by atoms with Crippen molar-refractivity contribution in [3.05, 3.63) is 64.6 Å². The first-order valence-electron chi connectivity index (χ1n) is 8.60. The van der Waals surface area contributed by atoms with E-state index in [2.05, 4.69) is 39.9 Å². The third kappa shape index (κ3) is 5.05. The Morgan fingerprint density at radius 1 is 1.20 bits per heavy atom. The van der Waals surface area contributed by atoms with Crippen LogP contribution in [-0.2, 0) is 4.74 Å². The van der Waals surface area contributed by atoms with Gasteiger partial charge in [-0.25, -0.2) is 0 Å². The second-order valence-corrected chi connectivity index (χ2v) is 7.27. The van der Waals surface area contributed by atoms with Gasteiger partial charge in [-0.1, -0.05) is 46.3 Å². The van der Waals surface area contributed by atoms with E-state index >= 15 is 0 Å². The van der Waals surface area contributed by atoms with Crippen molar-refractivity contribution in [1.29, 1.82) is 0 Å². The third-order valence-electron chi connectivity index (χ3n) is 4.52. The largest absolute Gasteiger partial charge is 0.491 e. The molecule has 1 saturated heterocycles. The molecule has 0 saturated carbocycles. The summed E-state index contributed by atoms with van der Waals surface area (Å²) in [6.07, 6.45) is -0.518. The van der Waals surface area contributed by atoms with Crippen molar-refractivity contribution in [3.8, 4) is 5.75 Å². The molecule has 1 fully saturated rings. The van der Waals surface area contributed by atoms with E-state index in [0.29, 0.717) is 13.2 Å². The van der Waals surface area contributed by atoms with E-state index in [1.807, 2.05) is 42.5 Å². The summed E-state index contributed by atoms with van der Waals surface area (Å²) >= 11 is 3.47. The second-order valence-electron chi connectivity index (χ2n) is 6.36. The lowest BCUT2D eigenvalue weighted by Crippen LogP contribution is -2.49. The number of rotatable bonds is 6. The summed E-state index contributed by atoms with van der Waals surface area (Å²) in [6.45, 7) is 4.49. The Morgan fingerprint density at radius 3 is 2.64 bits per heavy atom. The van der Waals surface area contributed by atoms with Gasteiger partial charge < -0.3 is 14.6 Å². The van der Waals surface area contributed by atoms with Crippen LogP contribution in [0, 0.1) is 0 Å². The van der Waals surface area contributed by atoms with Gasteiger partial charge in [0.05, 0.1) is 12.7 Å². The molecule has 4 nitrogen and oxygen atoms in total. The predicted octanol–water partition coefficient (Wildman–Crippen LogP) is 3.65. The van der Waals surface area contributed by atoms with Gasteiger partial charge in [-0.2, -0.15) is 0 Å². The molecule has 1 heterocycles. The standard InChI is InChI=1S/C20H24BrNO3/c1-15-20(16-7-9-17(21)10-8-16)24-12-11-22(15)13-18(23)14-25-19-5-3-2-4-6-19/h2-10,15,18,20,23H,11-14H2,1H3. The van der Waals surface area contributed by atoms with E-state index in [0.717, 1.165) is 22.3 Å². The first-order chi connectivity index (χ1) is 12.1. The van der Waals surface area contributed by atoms with Crippen molar-refractivity contribution < 1.29 is 14.6 Å². The summed E-state index contributed by atoms with van der Waals surface area (Å²) in [4.78, 5) is 2.27. The van der Waals surface area contributed by atoms with Crippen molar-refractivity contribution in [1.82, 2.24) is 4.90 Å². The fourth-order valence-corrected chi connectivity index (χ4v) is 3.41.